The van der Waals surface area contributed by atoms with Crippen molar-refractivity contribution in [3.05, 3.63) is 112 Å². The van der Waals surface area contributed by atoms with Crippen molar-refractivity contribution in [2.24, 2.45) is 0 Å². The molecule has 2 fully saturated rings. The molecule has 0 bridgehead atoms. The Hall–Kier alpha value is -2.22. The van der Waals surface area contributed by atoms with E-state index in [0.29, 0.717) is 16.4 Å². The molecule has 0 saturated heterocycles. The van der Waals surface area contributed by atoms with Gasteiger partial charge in [0.25, 0.3) is 5.91 Å². The van der Waals surface area contributed by atoms with Crippen molar-refractivity contribution in [3.63, 3.8) is 0 Å². The average Bonchev–Trinajstić information content (AvgIpc) is 3.59. The molecule has 160 valence electrons. The van der Waals surface area contributed by atoms with E-state index in [2.05, 4.69) is 20.4 Å². The quantitative estimate of drug-likeness (QED) is 0.557. The van der Waals surface area contributed by atoms with Gasteiger partial charge in [-0.25, -0.2) is 14.6 Å². The standard InChI is InChI=1S/C18H14N5O2S.C5H5.Fe/c1-25-14-9-5-4-8-13(14)16(24)22-18-21-15(12-6-2-3-7-12)17(26-18)23-11-19-10-20-23;1-2-4-5-3-1;/h2-11H,1H3,(H,21,22,24);1-5H;/q;;+2. The predicted molar refractivity (Wildman–Crippen MR) is 119 cm³/mol. The van der Waals surface area contributed by atoms with Gasteiger partial charge in [0, 0.05) is 5.92 Å². The summed E-state index contributed by atoms with van der Waals surface area (Å²) < 4.78 is 6.89. The normalized spacial score (nSPS) is 15.5. The molecule has 1 amide bonds. The Labute approximate surface area is 203 Å². The number of benzene rings is 1. The third-order valence-corrected chi connectivity index (χ3v) is 5.26. The van der Waals surface area contributed by atoms with Gasteiger partial charge in [0.05, 0.1) is 18.4 Å². The summed E-state index contributed by atoms with van der Waals surface area (Å²) >= 11 is 1.33. The topological polar surface area (TPSA) is 81.9 Å². The molecule has 0 unspecified atom stereocenters. The molecule has 1 N–H and O–H groups in total. The van der Waals surface area contributed by atoms with Gasteiger partial charge in [0.2, 0.25) is 0 Å². The summed E-state index contributed by atoms with van der Waals surface area (Å²) in [6, 6.07) is 7.05. The smallest absolute Gasteiger partial charge is 0.496 e. The summed E-state index contributed by atoms with van der Waals surface area (Å²) in [4.78, 5) is 21.2. The minimum absolute atomic E-state index is 0. The fraction of sp³-hybridized carbons (Fsp3) is 0.0435. The number of hydrogen-bond acceptors (Lipinski definition) is 6. The molecular formula is C23H19FeN5O2S+2. The SMILES string of the molecule is COc1ccccc1C(=O)Nc1nc([C]2[CH][CH][CH][CH]2)c(-n2cncn2)s1.[CH]1[CH][CH][CH][CH]1.[Fe+2]. The molecule has 10 radical (unpaired) electrons. The maximum absolute atomic E-state index is 12.6. The Bertz CT molecular complexity index is 975. The fourth-order valence-electron chi connectivity index (χ4n) is 2.87. The Morgan fingerprint density at radius 3 is 2.34 bits per heavy atom. The second-order valence-electron chi connectivity index (χ2n) is 6.30. The summed E-state index contributed by atoms with van der Waals surface area (Å²) in [6.07, 6.45) is 20.9. The molecule has 0 aliphatic heterocycles. The van der Waals surface area contributed by atoms with Crippen LogP contribution in [0.2, 0.25) is 0 Å². The number of hydrogen-bond donors (Lipinski definition) is 1. The van der Waals surface area contributed by atoms with Crippen LogP contribution in [0.25, 0.3) is 5.00 Å². The maximum Gasteiger partial charge on any atom is 2.00 e. The van der Waals surface area contributed by atoms with Gasteiger partial charge in [-0.2, -0.15) is 5.10 Å². The Balaban J connectivity index is 0.000000427. The van der Waals surface area contributed by atoms with E-state index in [9.17, 15) is 4.79 Å². The van der Waals surface area contributed by atoms with Crippen molar-refractivity contribution in [2.45, 2.75) is 0 Å². The van der Waals surface area contributed by atoms with E-state index in [-0.39, 0.29) is 23.0 Å². The molecule has 1 aromatic carbocycles. The number of aromatic nitrogens is 4. The minimum Gasteiger partial charge on any atom is -0.496 e. The first-order valence-electron chi connectivity index (χ1n) is 9.45. The molecule has 2 aromatic heterocycles. The maximum atomic E-state index is 12.6. The van der Waals surface area contributed by atoms with Crippen LogP contribution in [0.5, 0.6) is 5.75 Å². The molecule has 2 aliphatic carbocycles. The molecule has 2 aliphatic rings. The van der Waals surface area contributed by atoms with Crippen molar-refractivity contribution in [3.8, 4) is 10.8 Å². The van der Waals surface area contributed by atoms with Crippen LogP contribution >= 0.6 is 11.3 Å². The summed E-state index contributed by atoms with van der Waals surface area (Å²) in [7, 11) is 1.53. The third-order valence-electron chi connectivity index (χ3n) is 4.30. The van der Waals surface area contributed by atoms with Gasteiger partial charge in [0.15, 0.2) is 5.13 Å². The van der Waals surface area contributed by atoms with Crippen LogP contribution < -0.4 is 10.1 Å². The number of thiazole rings is 1. The number of methoxy groups -OCH3 is 1. The van der Waals surface area contributed by atoms with Crippen molar-refractivity contribution in [1.29, 1.82) is 0 Å². The van der Waals surface area contributed by atoms with Crippen molar-refractivity contribution in [2.75, 3.05) is 12.4 Å². The number of carbonyl (C=O) groups is 1. The zero-order chi connectivity index (χ0) is 21.5. The monoisotopic (exact) mass is 485 g/mol. The van der Waals surface area contributed by atoms with E-state index >= 15 is 0 Å². The van der Waals surface area contributed by atoms with Crippen LogP contribution in [0.1, 0.15) is 16.1 Å². The van der Waals surface area contributed by atoms with Crippen LogP contribution in [0.15, 0.2) is 36.9 Å². The first-order chi connectivity index (χ1) is 15.3. The summed E-state index contributed by atoms with van der Waals surface area (Å²) in [5, 5.41) is 8.28. The van der Waals surface area contributed by atoms with Crippen molar-refractivity contribution < 1.29 is 26.6 Å². The number of rotatable bonds is 5. The van der Waals surface area contributed by atoms with Gasteiger partial charge in [-0.05, 0) is 69.9 Å². The van der Waals surface area contributed by atoms with E-state index in [4.69, 9.17) is 4.74 Å². The summed E-state index contributed by atoms with van der Waals surface area (Å²) in [5.41, 5.74) is 1.18. The third kappa shape index (κ3) is 5.97. The molecule has 7 nitrogen and oxygen atoms in total. The number of amides is 1. The van der Waals surface area contributed by atoms with E-state index in [1.165, 1.54) is 24.8 Å². The number of nitrogens with one attached hydrogen (secondary N) is 1. The van der Waals surface area contributed by atoms with Gasteiger partial charge in [-0.15, -0.1) is 0 Å². The molecule has 2 heterocycles. The van der Waals surface area contributed by atoms with E-state index < -0.39 is 0 Å². The van der Waals surface area contributed by atoms with Crippen LogP contribution in [-0.2, 0) is 17.1 Å². The second kappa shape index (κ2) is 12.1. The fourth-order valence-corrected chi connectivity index (χ4v) is 3.78. The van der Waals surface area contributed by atoms with Gasteiger partial charge >= 0.3 is 17.1 Å². The molecule has 32 heavy (non-hydrogen) atoms. The van der Waals surface area contributed by atoms with Gasteiger partial charge in [0.1, 0.15) is 23.4 Å². The second-order valence-corrected chi connectivity index (χ2v) is 7.28. The van der Waals surface area contributed by atoms with Gasteiger partial charge in [-0.3, -0.25) is 10.1 Å². The van der Waals surface area contributed by atoms with E-state index in [1.54, 1.807) is 29.2 Å². The molecule has 9 heteroatoms. The summed E-state index contributed by atoms with van der Waals surface area (Å²) in [6.45, 7) is 0. The largest absolute Gasteiger partial charge is 2.00 e. The Morgan fingerprint density at radius 2 is 1.72 bits per heavy atom. The molecule has 2 saturated carbocycles. The van der Waals surface area contributed by atoms with Crippen LogP contribution in [0.3, 0.4) is 0 Å². The van der Waals surface area contributed by atoms with Crippen LogP contribution in [-0.4, -0.2) is 32.8 Å². The summed E-state index contributed by atoms with van der Waals surface area (Å²) in [5.74, 6) is 1.18. The van der Waals surface area contributed by atoms with E-state index in [1.807, 2.05) is 63.9 Å². The van der Waals surface area contributed by atoms with E-state index in [0.717, 1.165) is 16.6 Å². The number of anilines is 1. The van der Waals surface area contributed by atoms with Gasteiger partial charge in [-0.1, -0.05) is 23.5 Å². The average molecular weight is 485 g/mol. The zero-order valence-electron chi connectivity index (χ0n) is 17.0. The number of ether oxygens (including phenoxy) is 1. The zero-order valence-corrected chi connectivity index (χ0v) is 18.9. The van der Waals surface area contributed by atoms with Crippen molar-refractivity contribution >= 4 is 22.4 Å². The number of para-hydroxylation sites is 1. The minimum atomic E-state index is -0.282. The number of nitrogens with zero attached hydrogens (tertiary/aromatic N) is 4. The Morgan fingerprint density at radius 1 is 1.03 bits per heavy atom. The first kappa shape index (κ1) is 24.4. The van der Waals surface area contributed by atoms with Crippen LogP contribution in [0.4, 0.5) is 5.13 Å². The molecule has 0 spiro atoms. The van der Waals surface area contributed by atoms with Crippen LogP contribution in [0, 0.1) is 63.7 Å². The molecule has 0 atom stereocenters. The molecular weight excluding hydrogens is 466 g/mol. The molecule has 3 aromatic rings. The number of carbonyl (C=O) groups excluding carboxylic acids is 1. The first-order valence-corrected chi connectivity index (χ1v) is 10.3. The predicted octanol–water partition coefficient (Wildman–Crippen LogP) is 3.76. The Kier molecular flexibility index (Phi) is 9.26. The van der Waals surface area contributed by atoms with Gasteiger partial charge < -0.3 is 4.74 Å². The molecule has 5 rings (SSSR count). The van der Waals surface area contributed by atoms with Crippen molar-refractivity contribution in [1.82, 2.24) is 19.7 Å².